The van der Waals surface area contributed by atoms with E-state index < -0.39 is 0 Å². The Morgan fingerprint density at radius 3 is 3.10 bits per heavy atom. The maximum atomic E-state index is 12.6. The number of aromatic nitrogens is 3. The van der Waals surface area contributed by atoms with E-state index in [1.54, 1.807) is 5.51 Å². The molecule has 0 aliphatic carbocycles. The minimum atomic E-state index is 0.0293. The summed E-state index contributed by atoms with van der Waals surface area (Å²) < 4.78 is 2.12. The average Bonchev–Trinajstić information content (AvgIpc) is 3.17. The monoisotopic (exact) mass is 290 g/mol. The Labute approximate surface area is 122 Å². The van der Waals surface area contributed by atoms with E-state index in [2.05, 4.69) is 21.5 Å². The highest BCUT2D eigenvalue weighted by Gasteiger charge is 2.31. The highest BCUT2D eigenvalue weighted by atomic mass is 32.1. The van der Waals surface area contributed by atoms with Gasteiger partial charge in [0.1, 0.15) is 11.5 Å². The fraction of sp³-hybridized carbons (Fsp3) is 0.500. The molecule has 0 aromatic carbocycles. The first-order valence-electron chi connectivity index (χ1n) is 7.01. The van der Waals surface area contributed by atoms with Gasteiger partial charge in [0.2, 0.25) is 0 Å². The number of imidazole rings is 1. The number of thiazole rings is 1. The van der Waals surface area contributed by atoms with Crippen molar-refractivity contribution in [1.82, 2.24) is 19.4 Å². The molecule has 2 aromatic heterocycles. The molecule has 5 nitrogen and oxygen atoms in total. The van der Waals surface area contributed by atoms with Gasteiger partial charge < -0.3 is 9.47 Å². The van der Waals surface area contributed by atoms with E-state index in [1.807, 2.05) is 22.7 Å². The summed E-state index contributed by atoms with van der Waals surface area (Å²) in [5.41, 5.74) is 2.26. The lowest BCUT2D eigenvalue weighted by Gasteiger charge is -2.35. The maximum Gasteiger partial charge on any atom is 0.273 e. The van der Waals surface area contributed by atoms with Gasteiger partial charge in [-0.1, -0.05) is 0 Å². The van der Waals surface area contributed by atoms with Gasteiger partial charge in [0, 0.05) is 30.9 Å². The number of nitrogens with zero attached hydrogens (tertiary/aromatic N) is 4. The van der Waals surface area contributed by atoms with E-state index >= 15 is 0 Å². The molecule has 2 aromatic rings. The predicted octanol–water partition coefficient (Wildman–Crippen LogP) is 2.73. The quantitative estimate of drug-likeness (QED) is 0.873. The van der Waals surface area contributed by atoms with Crippen LogP contribution in [0.25, 0.3) is 0 Å². The van der Waals surface area contributed by atoms with Gasteiger partial charge in [-0.3, -0.25) is 4.79 Å². The number of rotatable bonds is 3. The summed E-state index contributed by atoms with van der Waals surface area (Å²) in [5, 5.41) is 1.82. The molecular formula is C14H18N4OS. The largest absolute Gasteiger partial charge is 0.333 e. The Kier molecular flexibility index (Phi) is 3.82. The maximum absolute atomic E-state index is 12.6. The van der Waals surface area contributed by atoms with Gasteiger partial charge in [-0.2, -0.15) is 0 Å². The third-order valence-corrected chi connectivity index (χ3v) is 4.39. The molecule has 0 N–H and O–H groups in total. The van der Waals surface area contributed by atoms with Crippen LogP contribution >= 0.6 is 11.3 Å². The lowest BCUT2D eigenvalue weighted by atomic mass is 10.0. The zero-order chi connectivity index (χ0) is 13.9. The fourth-order valence-electron chi connectivity index (χ4n) is 2.79. The van der Waals surface area contributed by atoms with Crippen LogP contribution in [-0.4, -0.2) is 31.9 Å². The first kappa shape index (κ1) is 13.3. The number of hydrogen-bond donors (Lipinski definition) is 0. The molecule has 106 valence electrons. The lowest BCUT2D eigenvalue weighted by molar-refractivity contribution is 0.0590. The molecule has 0 spiro atoms. The van der Waals surface area contributed by atoms with Crippen LogP contribution in [0.1, 0.15) is 48.5 Å². The van der Waals surface area contributed by atoms with Crippen LogP contribution in [0.5, 0.6) is 0 Å². The Bertz CT molecular complexity index is 578. The summed E-state index contributed by atoms with van der Waals surface area (Å²) in [5.74, 6) is 1.03. The SMILES string of the molecule is CCn1ccnc1C1CCCCN1C(=O)c1cscn1. The molecule has 1 saturated heterocycles. The van der Waals surface area contributed by atoms with E-state index in [0.29, 0.717) is 5.69 Å². The van der Waals surface area contributed by atoms with Crippen LogP contribution in [0.15, 0.2) is 23.3 Å². The number of amides is 1. The van der Waals surface area contributed by atoms with Crippen LogP contribution in [-0.2, 0) is 6.54 Å². The van der Waals surface area contributed by atoms with Crippen molar-refractivity contribution in [3.8, 4) is 0 Å². The van der Waals surface area contributed by atoms with Crippen molar-refractivity contribution < 1.29 is 4.79 Å². The van der Waals surface area contributed by atoms with Gasteiger partial charge in [-0.15, -0.1) is 11.3 Å². The van der Waals surface area contributed by atoms with E-state index in [9.17, 15) is 4.79 Å². The second-order valence-electron chi connectivity index (χ2n) is 4.96. The van der Waals surface area contributed by atoms with Crippen molar-refractivity contribution in [3.63, 3.8) is 0 Å². The molecule has 6 heteroatoms. The van der Waals surface area contributed by atoms with Crippen LogP contribution in [0.2, 0.25) is 0 Å². The molecule has 0 bridgehead atoms. The van der Waals surface area contributed by atoms with Crippen molar-refractivity contribution >= 4 is 17.2 Å². The van der Waals surface area contributed by atoms with Crippen molar-refractivity contribution in [2.75, 3.05) is 6.54 Å². The molecule has 3 heterocycles. The lowest BCUT2D eigenvalue weighted by Crippen LogP contribution is -2.39. The Morgan fingerprint density at radius 2 is 2.35 bits per heavy atom. The fourth-order valence-corrected chi connectivity index (χ4v) is 3.32. The van der Waals surface area contributed by atoms with Crippen LogP contribution < -0.4 is 0 Å². The minimum Gasteiger partial charge on any atom is -0.333 e. The zero-order valence-corrected chi connectivity index (χ0v) is 12.3. The van der Waals surface area contributed by atoms with Crippen molar-refractivity contribution in [2.24, 2.45) is 0 Å². The Hall–Kier alpha value is -1.69. The number of aryl methyl sites for hydroxylation is 1. The number of carbonyl (C=O) groups excluding carboxylic acids is 1. The Morgan fingerprint density at radius 1 is 1.45 bits per heavy atom. The molecule has 1 aliphatic heterocycles. The molecule has 0 saturated carbocycles. The van der Waals surface area contributed by atoms with E-state index in [-0.39, 0.29) is 11.9 Å². The van der Waals surface area contributed by atoms with Gasteiger partial charge in [-0.25, -0.2) is 9.97 Å². The number of carbonyl (C=O) groups is 1. The standard InChI is InChI=1S/C14H18N4OS/c1-2-17-8-6-15-13(17)12-5-3-4-7-18(12)14(19)11-9-20-10-16-11/h6,8-10,12H,2-5,7H2,1H3. The molecule has 20 heavy (non-hydrogen) atoms. The molecule has 3 rings (SSSR count). The topological polar surface area (TPSA) is 51.0 Å². The number of piperidine rings is 1. The van der Waals surface area contributed by atoms with Gasteiger partial charge in [0.15, 0.2) is 0 Å². The average molecular weight is 290 g/mol. The summed E-state index contributed by atoms with van der Waals surface area (Å²) in [7, 11) is 0. The Balaban J connectivity index is 1.90. The van der Waals surface area contributed by atoms with Gasteiger partial charge in [0.05, 0.1) is 11.6 Å². The first-order chi connectivity index (χ1) is 9.81. The molecule has 1 fully saturated rings. The smallest absolute Gasteiger partial charge is 0.273 e. The number of hydrogen-bond acceptors (Lipinski definition) is 4. The molecule has 1 aliphatic rings. The molecule has 1 amide bonds. The summed E-state index contributed by atoms with van der Waals surface area (Å²) in [6.07, 6.45) is 6.97. The predicted molar refractivity (Wildman–Crippen MR) is 77.6 cm³/mol. The highest BCUT2D eigenvalue weighted by Crippen LogP contribution is 2.31. The van der Waals surface area contributed by atoms with Crippen molar-refractivity contribution in [2.45, 2.75) is 38.8 Å². The molecule has 0 radical (unpaired) electrons. The van der Waals surface area contributed by atoms with Gasteiger partial charge in [0.25, 0.3) is 5.91 Å². The summed E-state index contributed by atoms with van der Waals surface area (Å²) in [4.78, 5) is 23.2. The first-order valence-corrected chi connectivity index (χ1v) is 7.95. The minimum absolute atomic E-state index is 0.0293. The molecule has 1 unspecified atom stereocenters. The van der Waals surface area contributed by atoms with Crippen LogP contribution in [0, 0.1) is 0 Å². The molecule has 1 atom stereocenters. The van der Waals surface area contributed by atoms with Crippen molar-refractivity contribution in [1.29, 1.82) is 0 Å². The number of likely N-dealkylation sites (tertiary alicyclic amines) is 1. The van der Waals surface area contributed by atoms with Gasteiger partial charge >= 0.3 is 0 Å². The molecular weight excluding hydrogens is 272 g/mol. The third-order valence-electron chi connectivity index (χ3n) is 3.80. The van der Waals surface area contributed by atoms with Crippen LogP contribution in [0.3, 0.4) is 0 Å². The van der Waals surface area contributed by atoms with E-state index in [4.69, 9.17) is 0 Å². The zero-order valence-electron chi connectivity index (χ0n) is 11.5. The van der Waals surface area contributed by atoms with Gasteiger partial charge in [-0.05, 0) is 26.2 Å². The highest BCUT2D eigenvalue weighted by molar-refractivity contribution is 7.07. The summed E-state index contributed by atoms with van der Waals surface area (Å²) in [6, 6.07) is 0.0768. The normalized spacial score (nSPS) is 19.2. The van der Waals surface area contributed by atoms with E-state index in [0.717, 1.165) is 38.2 Å². The second kappa shape index (κ2) is 5.75. The van der Waals surface area contributed by atoms with E-state index in [1.165, 1.54) is 11.3 Å². The summed E-state index contributed by atoms with van der Waals surface area (Å²) >= 11 is 1.46. The second-order valence-corrected chi connectivity index (χ2v) is 5.67. The summed E-state index contributed by atoms with van der Waals surface area (Å²) in [6.45, 7) is 3.77. The third kappa shape index (κ3) is 2.35. The van der Waals surface area contributed by atoms with Crippen LogP contribution in [0.4, 0.5) is 0 Å². The van der Waals surface area contributed by atoms with Crippen molar-refractivity contribution in [3.05, 3.63) is 34.8 Å².